The molecular formula is C16H16O2S2. The van der Waals surface area contributed by atoms with Gasteiger partial charge in [0.1, 0.15) is 0 Å². The highest BCUT2D eigenvalue weighted by Gasteiger charge is 2.08. The Morgan fingerprint density at radius 1 is 1.00 bits per heavy atom. The maximum Gasteiger partial charge on any atom is 0.336 e. The average molecular weight is 304 g/mol. The van der Waals surface area contributed by atoms with E-state index in [1.807, 2.05) is 12.1 Å². The van der Waals surface area contributed by atoms with Gasteiger partial charge in [0.25, 0.3) is 0 Å². The van der Waals surface area contributed by atoms with Crippen molar-refractivity contribution in [2.45, 2.75) is 16.7 Å². The minimum atomic E-state index is -0.862. The zero-order chi connectivity index (χ0) is 14.4. The van der Waals surface area contributed by atoms with Crippen molar-refractivity contribution < 1.29 is 9.90 Å². The summed E-state index contributed by atoms with van der Waals surface area (Å²) in [6.45, 7) is 2.08. The average Bonchev–Trinajstić information content (AvgIpc) is 2.46. The highest BCUT2D eigenvalue weighted by atomic mass is 32.2. The van der Waals surface area contributed by atoms with E-state index < -0.39 is 5.97 Å². The Balaban J connectivity index is 1.84. The number of rotatable bonds is 6. The first-order chi connectivity index (χ1) is 9.66. The highest BCUT2D eigenvalue weighted by Crippen LogP contribution is 2.25. The second-order valence-corrected chi connectivity index (χ2v) is 6.62. The molecule has 104 valence electrons. The molecule has 0 aliphatic carbocycles. The molecule has 0 unspecified atom stereocenters. The third kappa shape index (κ3) is 4.32. The van der Waals surface area contributed by atoms with Crippen molar-refractivity contribution in [1.82, 2.24) is 0 Å². The van der Waals surface area contributed by atoms with Crippen molar-refractivity contribution in [3.8, 4) is 0 Å². The van der Waals surface area contributed by atoms with Gasteiger partial charge in [-0.25, -0.2) is 4.79 Å². The van der Waals surface area contributed by atoms with Crippen LogP contribution in [0.25, 0.3) is 0 Å². The molecule has 0 spiro atoms. The van der Waals surface area contributed by atoms with Gasteiger partial charge >= 0.3 is 5.97 Å². The molecule has 0 bridgehead atoms. The summed E-state index contributed by atoms with van der Waals surface area (Å²) >= 11 is 3.39. The monoisotopic (exact) mass is 304 g/mol. The molecule has 0 aliphatic rings. The molecule has 0 atom stereocenters. The predicted molar refractivity (Wildman–Crippen MR) is 86.0 cm³/mol. The Labute approximate surface area is 127 Å². The summed E-state index contributed by atoms with van der Waals surface area (Å²) < 4.78 is 0. The fourth-order valence-corrected chi connectivity index (χ4v) is 3.65. The van der Waals surface area contributed by atoms with Gasteiger partial charge in [-0.15, -0.1) is 23.5 Å². The third-order valence-corrected chi connectivity index (χ3v) is 5.10. The van der Waals surface area contributed by atoms with Crippen LogP contribution in [0.5, 0.6) is 0 Å². The summed E-state index contributed by atoms with van der Waals surface area (Å²) in [6.07, 6.45) is 0. The number of aryl methyl sites for hydroxylation is 1. The SMILES string of the molecule is Cc1ccc(SCCSc2ccccc2C(=O)O)cc1. The lowest BCUT2D eigenvalue weighted by Crippen LogP contribution is -1.98. The van der Waals surface area contributed by atoms with Crippen molar-refractivity contribution >= 4 is 29.5 Å². The van der Waals surface area contributed by atoms with E-state index in [9.17, 15) is 4.79 Å². The quantitative estimate of drug-likeness (QED) is 0.626. The van der Waals surface area contributed by atoms with E-state index in [2.05, 4.69) is 31.2 Å². The van der Waals surface area contributed by atoms with Gasteiger partial charge < -0.3 is 5.11 Å². The first kappa shape index (κ1) is 15.0. The first-order valence-electron chi connectivity index (χ1n) is 6.31. The Morgan fingerprint density at radius 2 is 1.65 bits per heavy atom. The molecular weight excluding hydrogens is 288 g/mol. The van der Waals surface area contributed by atoms with Gasteiger partial charge in [-0.3, -0.25) is 0 Å². The van der Waals surface area contributed by atoms with E-state index in [1.165, 1.54) is 10.5 Å². The fourth-order valence-electron chi connectivity index (χ4n) is 1.71. The number of hydrogen-bond donors (Lipinski definition) is 1. The number of carboxylic acid groups (broad SMARTS) is 1. The minimum Gasteiger partial charge on any atom is -0.478 e. The zero-order valence-corrected chi connectivity index (χ0v) is 12.8. The van der Waals surface area contributed by atoms with Crippen LogP contribution < -0.4 is 0 Å². The Bertz CT molecular complexity index is 579. The molecule has 2 aromatic rings. The summed E-state index contributed by atoms with van der Waals surface area (Å²) in [5.41, 5.74) is 1.65. The molecule has 0 aromatic heterocycles. The second-order valence-electron chi connectivity index (χ2n) is 4.31. The van der Waals surface area contributed by atoms with Crippen molar-refractivity contribution in [1.29, 1.82) is 0 Å². The molecule has 0 saturated heterocycles. The van der Waals surface area contributed by atoms with Gasteiger partial charge in [0, 0.05) is 21.3 Å². The van der Waals surface area contributed by atoms with Crippen molar-refractivity contribution in [2.75, 3.05) is 11.5 Å². The van der Waals surface area contributed by atoms with Crippen LogP contribution in [0.15, 0.2) is 58.3 Å². The van der Waals surface area contributed by atoms with Crippen LogP contribution in [0.1, 0.15) is 15.9 Å². The van der Waals surface area contributed by atoms with Gasteiger partial charge in [0.05, 0.1) is 5.56 Å². The number of carboxylic acids is 1. The van der Waals surface area contributed by atoms with Crippen molar-refractivity contribution in [3.63, 3.8) is 0 Å². The van der Waals surface area contributed by atoms with Crippen LogP contribution in [0, 0.1) is 6.92 Å². The smallest absolute Gasteiger partial charge is 0.336 e. The van der Waals surface area contributed by atoms with E-state index in [1.54, 1.807) is 35.7 Å². The lowest BCUT2D eigenvalue weighted by molar-refractivity contribution is 0.0693. The molecule has 0 heterocycles. The van der Waals surface area contributed by atoms with Gasteiger partial charge in [0.2, 0.25) is 0 Å². The highest BCUT2D eigenvalue weighted by molar-refractivity contribution is 8.03. The van der Waals surface area contributed by atoms with Crippen LogP contribution in [-0.2, 0) is 0 Å². The molecule has 0 fully saturated rings. The van der Waals surface area contributed by atoms with Crippen molar-refractivity contribution in [3.05, 3.63) is 59.7 Å². The van der Waals surface area contributed by atoms with Gasteiger partial charge in [0.15, 0.2) is 0 Å². The van der Waals surface area contributed by atoms with Gasteiger partial charge in [-0.2, -0.15) is 0 Å². The second kappa shape index (κ2) is 7.41. The summed E-state index contributed by atoms with van der Waals surface area (Å²) in [5, 5.41) is 9.11. The number of benzene rings is 2. The zero-order valence-electron chi connectivity index (χ0n) is 11.2. The van der Waals surface area contributed by atoms with E-state index >= 15 is 0 Å². The Morgan fingerprint density at radius 3 is 2.35 bits per heavy atom. The van der Waals surface area contributed by atoms with Crippen LogP contribution in [-0.4, -0.2) is 22.6 Å². The predicted octanol–water partition coefficient (Wildman–Crippen LogP) is 4.58. The lowest BCUT2D eigenvalue weighted by atomic mass is 10.2. The molecule has 4 heteroatoms. The maximum absolute atomic E-state index is 11.1. The molecule has 0 aliphatic heterocycles. The van der Waals surface area contributed by atoms with Crippen molar-refractivity contribution in [2.24, 2.45) is 0 Å². The minimum absolute atomic E-state index is 0.387. The van der Waals surface area contributed by atoms with E-state index in [0.717, 1.165) is 16.4 Å². The van der Waals surface area contributed by atoms with Crippen LogP contribution in [0.4, 0.5) is 0 Å². The van der Waals surface area contributed by atoms with Gasteiger partial charge in [-0.05, 0) is 31.2 Å². The normalized spacial score (nSPS) is 10.4. The molecule has 1 N–H and O–H groups in total. The summed E-state index contributed by atoms with van der Waals surface area (Å²) in [4.78, 5) is 13.2. The molecule has 0 amide bonds. The summed E-state index contributed by atoms with van der Waals surface area (Å²) in [5.74, 6) is 0.990. The van der Waals surface area contributed by atoms with Crippen LogP contribution in [0.3, 0.4) is 0 Å². The summed E-state index contributed by atoms with van der Waals surface area (Å²) in [6, 6.07) is 15.6. The number of aromatic carboxylic acids is 1. The molecule has 0 radical (unpaired) electrons. The summed E-state index contributed by atoms with van der Waals surface area (Å²) in [7, 11) is 0. The van der Waals surface area contributed by atoms with E-state index in [-0.39, 0.29) is 0 Å². The van der Waals surface area contributed by atoms with E-state index in [4.69, 9.17) is 5.11 Å². The number of hydrogen-bond acceptors (Lipinski definition) is 3. The molecule has 2 nitrogen and oxygen atoms in total. The first-order valence-corrected chi connectivity index (χ1v) is 8.28. The Hall–Kier alpha value is -1.39. The fraction of sp³-hybridized carbons (Fsp3) is 0.188. The Kier molecular flexibility index (Phi) is 5.56. The standard InChI is InChI=1S/C16H16O2S2/c1-12-6-8-13(9-7-12)19-10-11-20-15-5-3-2-4-14(15)16(17)18/h2-9H,10-11H2,1H3,(H,17,18). The molecule has 2 rings (SSSR count). The van der Waals surface area contributed by atoms with Crippen LogP contribution in [0.2, 0.25) is 0 Å². The van der Waals surface area contributed by atoms with Gasteiger partial charge in [-0.1, -0.05) is 29.8 Å². The third-order valence-electron chi connectivity index (χ3n) is 2.75. The van der Waals surface area contributed by atoms with E-state index in [0.29, 0.717) is 5.56 Å². The van der Waals surface area contributed by atoms with Crippen LogP contribution >= 0.6 is 23.5 Å². The maximum atomic E-state index is 11.1. The number of thioether (sulfide) groups is 2. The largest absolute Gasteiger partial charge is 0.478 e. The lowest BCUT2D eigenvalue weighted by Gasteiger charge is -2.05. The number of carbonyl (C=O) groups is 1. The topological polar surface area (TPSA) is 37.3 Å². The molecule has 2 aromatic carbocycles. The molecule has 0 saturated carbocycles. The molecule has 20 heavy (non-hydrogen) atoms.